The molecule has 0 bridgehead atoms. The van der Waals surface area contributed by atoms with Crippen molar-refractivity contribution in [2.24, 2.45) is 35.5 Å². The van der Waals surface area contributed by atoms with Crippen LogP contribution in [0.3, 0.4) is 0 Å². The zero-order valence-corrected chi connectivity index (χ0v) is 18.0. The molecule has 3 heteroatoms. The fraction of sp³-hybridized carbons (Fsp3) is 0.769. The summed E-state index contributed by atoms with van der Waals surface area (Å²) in [6.45, 7) is -0.400. The van der Waals surface area contributed by atoms with E-state index >= 15 is 0 Å². The van der Waals surface area contributed by atoms with Crippen LogP contribution in [0.5, 0.6) is 5.75 Å². The van der Waals surface area contributed by atoms with Gasteiger partial charge in [0.1, 0.15) is 5.75 Å². The quantitative estimate of drug-likeness (QED) is 0.449. The molecule has 3 saturated carbocycles. The van der Waals surface area contributed by atoms with Crippen LogP contribution in [0.15, 0.2) is 24.3 Å². The molecule has 0 amide bonds. The normalized spacial score (nSPS) is 34.5. The summed E-state index contributed by atoms with van der Waals surface area (Å²) in [7, 11) is 0. The highest BCUT2D eigenvalue weighted by Gasteiger charge is 2.44. The van der Waals surface area contributed by atoms with Gasteiger partial charge in [-0.1, -0.05) is 44.7 Å². The standard InChI is InChI=1S/C26H38F2O/c1-2-3-19-8-14-24-21(16-19)10-11-22-17-20(9-15-25(22)24)5-4-18-6-12-23(13-7-18)29-26(27)28/h6-7,12-13,19-22,24-26H,2-5,8-11,14-17H2,1H3/t19-,20?,21-,22+,24+,25+/m1/s1. The number of halogens is 2. The van der Waals surface area contributed by atoms with E-state index < -0.39 is 6.61 Å². The molecule has 29 heavy (non-hydrogen) atoms. The first-order valence-electron chi connectivity index (χ1n) is 12.2. The summed E-state index contributed by atoms with van der Waals surface area (Å²) in [6.07, 6.45) is 16.9. The summed E-state index contributed by atoms with van der Waals surface area (Å²) < 4.78 is 29.0. The van der Waals surface area contributed by atoms with Crippen LogP contribution in [0.1, 0.15) is 83.1 Å². The van der Waals surface area contributed by atoms with Gasteiger partial charge in [0, 0.05) is 0 Å². The zero-order valence-electron chi connectivity index (χ0n) is 18.0. The van der Waals surface area contributed by atoms with Gasteiger partial charge in [-0.25, -0.2) is 0 Å². The molecule has 3 aliphatic carbocycles. The number of aryl methyl sites for hydroxylation is 1. The van der Waals surface area contributed by atoms with E-state index in [0.29, 0.717) is 0 Å². The van der Waals surface area contributed by atoms with Gasteiger partial charge in [0.2, 0.25) is 0 Å². The fourth-order valence-corrected chi connectivity index (χ4v) is 7.13. The maximum atomic E-state index is 12.3. The third-order valence-corrected chi connectivity index (χ3v) is 8.44. The molecule has 0 aromatic heterocycles. The lowest BCUT2D eigenvalue weighted by Gasteiger charge is -2.51. The zero-order chi connectivity index (χ0) is 20.2. The molecule has 162 valence electrons. The highest BCUT2D eigenvalue weighted by Crippen LogP contribution is 2.54. The topological polar surface area (TPSA) is 9.23 Å². The van der Waals surface area contributed by atoms with Crippen molar-refractivity contribution in [1.82, 2.24) is 0 Å². The van der Waals surface area contributed by atoms with Crippen molar-refractivity contribution < 1.29 is 13.5 Å². The minimum Gasteiger partial charge on any atom is -0.435 e. The lowest BCUT2D eigenvalue weighted by molar-refractivity contribution is -0.0498. The number of ether oxygens (including phenoxy) is 1. The number of fused-ring (bicyclic) bond motifs is 3. The van der Waals surface area contributed by atoms with Crippen LogP contribution in [0.2, 0.25) is 0 Å². The largest absolute Gasteiger partial charge is 0.435 e. The Hall–Kier alpha value is -1.12. The highest BCUT2D eigenvalue weighted by atomic mass is 19.3. The predicted octanol–water partition coefficient (Wildman–Crippen LogP) is 7.88. The molecular formula is C26H38F2O. The van der Waals surface area contributed by atoms with E-state index in [1.54, 1.807) is 12.1 Å². The molecule has 0 heterocycles. The summed E-state index contributed by atoms with van der Waals surface area (Å²) in [5, 5.41) is 0. The van der Waals surface area contributed by atoms with Crippen LogP contribution in [0, 0.1) is 35.5 Å². The molecule has 1 nitrogen and oxygen atoms in total. The Morgan fingerprint density at radius 3 is 1.97 bits per heavy atom. The van der Waals surface area contributed by atoms with Gasteiger partial charge >= 0.3 is 6.61 Å². The lowest BCUT2D eigenvalue weighted by atomic mass is 9.55. The molecule has 1 aromatic rings. The van der Waals surface area contributed by atoms with Gasteiger partial charge in [-0.2, -0.15) is 8.78 Å². The van der Waals surface area contributed by atoms with E-state index in [0.717, 1.165) is 41.9 Å². The van der Waals surface area contributed by atoms with E-state index in [-0.39, 0.29) is 5.75 Å². The van der Waals surface area contributed by atoms with Gasteiger partial charge in [0.25, 0.3) is 0 Å². The van der Waals surface area contributed by atoms with Crippen molar-refractivity contribution >= 4 is 0 Å². The minimum absolute atomic E-state index is 0.259. The second-order valence-electron chi connectivity index (χ2n) is 10.1. The number of hydrogen-bond donors (Lipinski definition) is 0. The molecule has 0 spiro atoms. The van der Waals surface area contributed by atoms with Gasteiger partial charge in [0.15, 0.2) is 0 Å². The van der Waals surface area contributed by atoms with Crippen LogP contribution in [0.25, 0.3) is 0 Å². The lowest BCUT2D eigenvalue weighted by Crippen LogP contribution is -2.41. The van der Waals surface area contributed by atoms with Crippen LogP contribution < -0.4 is 4.74 Å². The Bertz CT molecular complexity index is 628. The van der Waals surface area contributed by atoms with Crippen molar-refractivity contribution in [1.29, 1.82) is 0 Å². The van der Waals surface area contributed by atoms with E-state index in [4.69, 9.17) is 0 Å². The molecule has 3 fully saturated rings. The Balaban J connectivity index is 1.25. The number of rotatable bonds is 7. The molecule has 3 aliphatic rings. The van der Waals surface area contributed by atoms with Crippen molar-refractivity contribution in [3.05, 3.63) is 29.8 Å². The summed E-state index contributed by atoms with van der Waals surface area (Å²) in [4.78, 5) is 0. The van der Waals surface area contributed by atoms with Crippen molar-refractivity contribution in [3.63, 3.8) is 0 Å². The predicted molar refractivity (Wildman–Crippen MR) is 114 cm³/mol. The van der Waals surface area contributed by atoms with Crippen molar-refractivity contribution in [2.75, 3.05) is 0 Å². The Kier molecular flexibility index (Phi) is 7.13. The summed E-state index contributed by atoms with van der Waals surface area (Å²) >= 11 is 0. The first kappa shape index (κ1) is 21.1. The second-order valence-corrected chi connectivity index (χ2v) is 10.1. The first-order chi connectivity index (χ1) is 14.1. The van der Waals surface area contributed by atoms with Crippen LogP contribution >= 0.6 is 0 Å². The smallest absolute Gasteiger partial charge is 0.387 e. The van der Waals surface area contributed by atoms with Gasteiger partial charge in [0.05, 0.1) is 0 Å². The second kappa shape index (κ2) is 9.79. The summed E-state index contributed by atoms with van der Waals surface area (Å²) in [6, 6.07) is 7.25. The maximum absolute atomic E-state index is 12.3. The molecule has 1 unspecified atom stereocenters. The molecule has 0 N–H and O–H groups in total. The SMILES string of the molecule is CCC[C@@H]1CC[C@H]2[C@H](CC[C@H]3CC(CCc4ccc(OC(F)F)cc4)CC[C@@H]32)C1. The van der Waals surface area contributed by atoms with Crippen LogP contribution in [0.4, 0.5) is 8.78 Å². The third kappa shape index (κ3) is 5.33. The Morgan fingerprint density at radius 2 is 1.41 bits per heavy atom. The Morgan fingerprint density at radius 1 is 0.828 bits per heavy atom. The Labute approximate surface area is 175 Å². The molecular weight excluding hydrogens is 366 g/mol. The summed E-state index contributed by atoms with van der Waals surface area (Å²) in [5.74, 6) is 6.18. The molecule has 0 saturated heterocycles. The van der Waals surface area contributed by atoms with Gasteiger partial charge in [-0.3, -0.25) is 0 Å². The number of benzene rings is 1. The number of alkyl halides is 2. The van der Waals surface area contributed by atoms with Crippen molar-refractivity contribution in [2.45, 2.75) is 90.6 Å². The molecule has 1 aromatic carbocycles. The van der Waals surface area contributed by atoms with E-state index in [9.17, 15) is 8.78 Å². The number of hydrogen-bond acceptors (Lipinski definition) is 1. The fourth-order valence-electron chi connectivity index (χ4n) is 7.13. The highest BCUT2D eigenvalue weighted by molar-refractivity contribution is 5.27. The van der Waals surface area contributed by atoms with E-state index in [1.165, 1.54) is 76.2 Å². The van der Waals surface area contributed by atoms with E-state index in [1.807, 2.05) is 12.1 Å². The van der Waals surface area contributed by atoms with Crippen LogP contribution in [-0.2, 0) is 6.42 Å². The third-order valence-electron chi connectivity index (χ3n) is 8.44. The maximum Gasteiger partial charge on any atom is 0.387 e. The average molecular weight is 405 g/mol. The average Bonchev–Trinajstić information content (AvgIpc) is 2.72. The molecule has 0 radical (unpaired) electrons. The monoisotopic (exact) mass is 404 g/mol. The molecule has 4 rings (SSSR count). The minimum atomic E-state index is -2.74. The van der Waals surface area contributed by atoms with Gasteiger partial charge < -0.3 is 4.74 Å². The van der Waals surface area contributed by atoms with Crippen LogP contribution in [-0.4, -0.2) is 6.61 Å². The first-order valence-corrected chi connectivity index (χ1v) is 12.2. The summed E-state index contributed by atoms with van der Waals surface area (Å²) in [5.41, 5.74) is 1.24. The van der Waals surface area contributed by atoms with Gasteiger partial charge in [-0.05, 0) is 105 Å². The van der Waals surface area contributed by atoms with E-state index in [2.05, 4.69) is 11.7 Å². The molecule has 0 aliphatic heterocycles. The van der Waals surface area contributed by atoms with Gasteiger partial charge in [-0.15, -0.1) is 0 Å². The van der Waals surface area contributed by atoms with Crippen molar-refractivity contribution in [3.8, 4) is 5.75 Å². The molecule has 6 atom stereocenters.